The zero-order valence-electron chi connectivity index (χ0n) is 27.6. The average molecular weight is 602 g/mol. The minimum absolute atomic E-state index is 0.117. The highest BCUT2D eigenvalue weighted by Crippen LogP contribution is 2.87. The van der Waals surface area contributed by atoms with Crippen molar-refractivity contribution in [3.05, 3.63) is 0 Å². The van der Waals surface area contributed by atoms with Gasteiger partial charge in [0.15, 0.2) is 6.29 Å². The molecule has 3 aliphatic heterocycles. The van der Waals surface area contributed by atoms with Crippen LogP contribution in [0.5, 0.6) is 0 Å². The van der Waals surface area contributed by atoms with E-state index in [2.05, 4.69) is 25.7 Å². The Morgan fingerprint density at radius 3 is 2.49 bits per heavy atom. The van der Waals surface area contributed by atoms with Gasteiger partial charge in [-0.2, -0.15) is 0 Å². The molecule has 0 aromatic rings. The highest BCUT2D eigenvalue weighted by atomic mass is 16.7. The summed E-state index contributed by atoms with van der Waals surface area (Å²) in [6.45, 7) is 15.4. The van der Waals surface area contributed by atoms with Crippen molar-refractivity contribution in [1.29, 1.82) is 0 Å². The van der Waals surface area contributed by atoms with Gasteiger partial charge in [0.25, 0.3) is 0 Å². The molecule has 8 fully saturated rings. The first-order chi connectivity index (χ1) is 20.4. The third kappa shape index (κ3) is 4.37. The van der Waals surface area contributed by atoms with E-state index in [-0.39, 0.29) is 30.0 Å². The monoisotopic (exact) mass is 601 g/mol. The van der Waals surface area contributed by atoms with Crippen molar-refractivity contribution < 1.29 is 29.2 Å². The third-order valence-corrected chi connectivity index (χ3v) is 15.4. The van der Waals surface area contributed by atoms with Crippen molar-refractivity contribution in [1.82, 2.24) is 4.90 Å². The number of morpholine rings is 1. The van der Waals surface area contributed by atoms with Gasteiger partial charge in [0.2, 0.25) is 0 Å². The molecule has 8 rings (SSSR count). The second kappa shape index (κ2) is 10.1. The van der Waals surface area contributed by atoms with Crippen molar-refractivity contribution >= 4 is 0 Å². The number of fused-ring (bicyclic) bond motifs is 4. The predicted octanol–water partition coefficient (Wildman–Crippen LogP) is 5.16. The number of hydrogen-bond acceptors (Lipinski definition) is 7. The van der Waals surface area contributed by atoms with E-state index in [1.54, 1.807) is 13.8 Å². The van der Waals surface area contributed by atoms with Crippen molar-refractivity contribution in [2.75, 3.05) is 32.9 Å². The van der Waals surface area contributed by atoms with Gasteiger partial charge in [0.05, 0.1) is 37.1 Å². The minimum atomic E-state index is -1.13. The van der Waals surface area contributed by atoms with Gasteiger partial charge in [0, 0.05) is 25.7 Å². The van der Waals surface area contributed by atoms with Gasteiger partial charge < -0.3 is 29.2 Å². The number of aliphatic hydroxyl groups excluding tert-OH is 1. The summed E-state index contributed by atoms with van der Waals surface area (Å²) in [5.74, 6) is 2.87. The topological polar surface area (TPSA) is 80.6 Å². The lowest BCUT2D eigenvalue weighted by Crippen LogP contribution is -2.56. The van der Waals surface area contributed by atoms with E-state index in [0.29, 0.717) is 28.2 Å². The van der Waals surface area contributed by atoms with Crippen LogP contribution in [0, 0.1) is 45.3 Å². The first kappa shape index (κ1) is 30.1. The lowest BCUT2D eigenvalue weighted by atomic mass is 9.46. The molecule has 5 aliphatic carbocycles. The maximum Gasteiger partial charge on any atom is 0.170 e. The molecule has 244 valence electrons. The highest BCUT2D eigenvalue weighted by molar-refractivity contribution is 5.29. The highest BCUT2D eigenvalue weighted by Gasteiger charge is 2.80. The lowest BCUT2D eigenvalue weighted by molar-refractivity contribution is -0.247. The lowest BCUT2D eigenvalue weighted by Gasteiger charge is -2.60. The predicted molar refractivity (Wildman–Crippen MR) is 163 cm³/mol. The van der Waals surface area contributed by atoms with Crippen LogP contribution in [0.1, 0.15) is 105 Å². The normalized spacial score (nSPS) is 53.2. The second-order valence-corrected chi connectivity index (χ2v) is 17.9. The summed E-state index contributed by atoms with van der Waals surface area (Å²) in [5, 5.41) is 21.3. The molecule has 5 saturated carbocycles. The van der Waals surface area contributed by atoms with Gasteiger partial charge in [-0.25, -0.2) is 0 Å². The number of hydrogen-bond donors (Lipinski definition) is 2. The number of ether oxygens (including phenoxy) is 4. The van der Waals surface area contributed by atoms with Crippen LogP contribution in [0.25, 0.3) is 0 Å². The molecular formula is C36H59NO6. The van der Waals surface area contributed by atoms with E-state index < -0.39 is 11.7 Å². The zero-order valence-corrected chi connectivity index (χ0v) is 27.6. The smallest absolute Gasteiger partial charge is 0.170 e. The van der Waals surface area contributed by atoms with Gasteiger partial charge in [0.1, 0.15) is 6.10 Å². The van der Waals surface area contributed by atoms with E-state index in [1.807, 2.05) is 0 Å². The maximum atomic E-state index is 10.9. The van der Waals surface area contributed by atoms with E-state index in [1.165, 1.54) is 38.5 Å². The largest absolute Gasteiger partial charge is 0.388 e. The summed E-state index contributed by atoms with van der Waals surface area (Å²) in [5.41, 5.74) is 0.394. The van der Waals surface area contributed by atoms with Crippen LogP contribution < -0.4 is 0 Å². The Labute approximate surface area is 259 Å². The molecule has 3 saturated heterocycles. The SMILES string of the molecule is CC12CC[C@@]34CC35CC[C@H](OC3CN([C@H]6CCOC6)CCO3)C(C)(C)C5CCC4C1CC1OC([C@H](O)C(C)(C)O)CCC12. The summed E-state index contributed by atoms with van der Waals surface area (Å²) >= 11 is 0. The fourth-order valence-electron chi connectivity index (χ4n) is 13.2. The quantitative estimate of drug-likeness (QED) is 0.451. The van der Waals surface area contributed by atoms with Gasteiger partial charge in [-0.1, -0.05) is 20.8 Å². The van der Waals surface area contributed by atoms with Crippen molar-refractivity contribution in [3.63, 3.8) is 0 Å². The first-order valence-corrected chi connectivity index (χ1v) is 18.0. The molecule has 7 heteroatoms. The first-order valence-electron chi connectivity index (χ1n) is 18.0. The van der Waals surface area contributed by atoms with Crippen LogP contribution in [0.3, 0.4) is 0 Å². The number of aliphatic hydroxyl groups is 2. The molecule has 0 radical (unpaired) electrons. The van der Waals surface area contributed by atoms with Crippen molar-refractivity contribution in [3.8, 4) is 0 Å². The van der Waals surface area contributed by atoms with E-state index in [0.717, 1.165) is 82.8 Å². The van der Waals surface area contributed by atoms with Crippen molar-refractivity contribution in [2.24, 2.45) is 45.3 Å². The van der Waals surface area contributed by atoms with Gasteiger partial charge in [-0.05, 0) is 130 Å². The minimum Gasteiger partial charge on any atom is -0.388 e. The van der Waals surface area contributed by atoms with Crippen LogP contribution in [0.2, 0.25) is 0 Å². The van der Waals surface area contributed by atoms with E-state index in [9.17, 15) is 10.2 Å². The molecule has 3 heterocycles. The summed E-state index contributed by atoms with van der Waals surface area (Å²) in [4.78, 5) is 2.55. The van der Waals surface area contributed by atoms with Gasteiger partial charge >= 0.3 is 0 Å². The molecule has 0 bridgehead atoms. The zero-order chi connectivity index (χ0) is 30.0. The molecule has 0 amide bonds. The van der Waals surface area contributed by atoms with Crippen LogP contribution >= 0.6 is 0 Å². The second-order valence-electron chi connectivity index (χ2n) is 17.9. The average Bonchev–Trinajstić information content (AvgIpc) is 3.22. The molecule has 13 atom stereocenters. The molecule has 8 aliphatic rings. The van der Waals surface area contributed by atoms with Crippen LogP contribution in [-0.2, 0) is 18.9 Å². The number of nitrogens with zero attached hydrogens (tertiary/aromatic N) is 1. The Hall–Kier alpha value is -0.280. The van der Waals surface area contributed by atoms with Crippen LogP contribution in [0.15, 0.2) is 0 Å². The molecule has 43 heavy (non-hydrogen) atoms. The van der Waals surface area contributed by atoms with E-state index in [4.69, 9.17) is 18.9 Å². The molecule has 7 nitrogen and oxygen atoms in total. The Bertz CT molecular complexity index is 1070. The Balaban J connectivity index is 0.964. The van der Waals surface area contributed by atoms with Crippen molar-refractivity contribution in [2.45, 2.75) is 148 Å². The Morgan fingerprint density at radius 2 is 1.72 bits per heavy atom. The van der Waals surface area contributed by atoms with Crippen LogP contribution in [0.4, 0.5) is 0 Å². The number of rotatable bonds is 5. The Morgan fingerprint density at radius 1 is 0.907 bits per heavy atom. The summed E-state index contributed by atoms with van der Waals surface area (Å²) < 4.78 is 25.5. The molecule has 2 N–H and O–H groups in total. The maximum absolute atomic E-state index is 10.9. The summed E-state index contributed by atoms with van der Waals surface area (Å²) in [7, 11) is 0. The molecular weight excluding hydrogens is 542 g/mol. The fourth-order valence-corrected chi connectivity index (χ4v) is 13.2. The summed E-state index contributed by atoms with van der Waals surface area (Å²) in [6.07, 6.45) is 12.9. The van der Waals surface area contributed by atoms with Crippen LogP contribution in [-0.4, -0.2) is 90.4 Å². The summed E-state index contributed by atoms with van der Waals surface area (Å²) in [6, 6.07) is 0.526. The molecule has 9 unspecified atom stereocenters. The molecule has 2 spiro atoms. The Kier molecular flexibility index (Phi) is 7.07. The van der Waals surface area contributed by atoms with E-state index >= 15 is 0 Å². The molecule has 0 aromatic carbocycles. The fraction of sp³-hybridized carbons (Fsp3) is 1.00. The van der Waals surface area contributed by atoms with Gasteiger partial charge in [-0.15, -0.1) is 0 Å². The third-order valence-electron chi connectivity index (χ3n) is 15.4. The van der Waals surface area contributed by atoms with Gasteiger partial charge in [-0.3, -0.25) is 4.90 Å². The standard InChI is InChI=1S/C36H59NO6/c1-32(2)28-9-7-23-25-18-27-24(6-8-26(42-27)31(38)33(3,4)39)34(25,5)13-14-35(23)21-36(28,35)12-10-29(32)43-30-19-37(15-17-41-30)22-11-16-40-20-22/h22-31,38-39H,6-21H2,1-5H3/t22-,23?,24?,25?,26?,27?,28?,29-,30?,31-,34?,35-,36?/m0/s1. The molecule has 0 aromatic heterocycles.